The topological polar surface area (TPSA) is 0 Å². The Hall–Kier alpha value is -1.04. The van der Waals surface area contributed by atoms with Crippen LogP contribution in [0.15, 0.2) is 18.7 Å². The van der Waals surface area contributed by atoms with E-state index in [-0.39, 0.29) is 0 Å². The largest absolute Gasteiger partial charge is 0.0985 e. The first-order valence-corrected chi connectivity index (χ1v) is 6.69. The van der Waals surface area contributed by atoms with Crippen molar-refractivity contribution in [1.82, 2.24) is 0 Å². The molecule has 0 saturated carbocycles. The second-order valence-corrected chi connectivity index (χ2v) is 5.74. The summed E-state index contributed by atoms with van der Waals surface area (Å²) in [7, 11) is 0. The maximum Gasteiger partial charge on any atom is -0.0210 e. The summed E-state index contributed by atoms with van der Waals surface area (Å²) in [5, 5.41) is 0. The molecule has 17 heavy (non-hydrogen) atoms. The van der Waals surface area contributed by atoms with Gasteiger partial charge in [-0.2, -0.15) is 0 Å². The van der Waals surface area contributed by atoms with Crippen molar-refractivity contribution in [3.8, 4) is 0 Å². The Morgan fingerprint density at radius 3 is 1.71 bits per heavy atom. The third kappa shape index (κ3) is 2.80. The molecule has 0 saturated heterocycles. The summed E-state index contributed by atoms with van der Waals surface area (Å²) in [6.07, 6.45) is 1.99. The Bertz CT molecular complexity index is 395. The normalized spacial score (nSPS) is 11.6. The van der Waals surface area contributed by atoms with E-state index in [1.807, 2.05) is 6.08 Å². The summed E-state index contributed by atoms with van der Waals surface area (Å²) in [5.41, 5.74) is 5.82. The highest BCUT2D eigenvalue weighted by Crippen LogP contribution is 2.35. The molecule has 0 radical (unpaired) electrons. The smallest absolute Gasteiger partial charge is 0.0210 e. The van der Waals surface area contributed by atoms with Gasteiger partial charge in [0.2, 0.25) is 0 Å². The van der Waals surface area contributed by atoms with Crippen molar-refractivity contribution in [1.29, 1.82) is 0 Å². The molecule has 0 heteroatoms. The minimum atomic E-state index is 0.555. The summed E-state index contributed by atoms with van der Waals surface area (Å²) in [4.78, 5) is 0. The summed E-state index contributed by atoms with van der Waals surface area (Å²) in [6.45, 7) is 17.6. The lowest BCUT2D eigenvalue weighted by molar-refractivity contribution is 0.747. The van der Waals surface area contributed by atoms with Crippen LogP contribution in [-0.2, 0) is 0 Å². The Labute approximate surface area is 107 Å². The van der Waals surface area contributed by atoms with Crippen molar-refractivity contribution >= 4 is 6.08 Å². The Morgan fingerprint density at radius 1 is 0.824 bits per heavy atom. The lowest BCUT2D eigenvalue weighted by Gasteiger charge is -2.24. The second-order valence-electron chi connectivity index (χ2n) is 5.74. The van der Waals surface area contributed by atoms with E-state index >= 15 is 0 Å². The molecule has 0 aliphatic heterocycles. The molecule has 1 aromatic rings. The summed E-state index contributed by atoms with van der Waals surface area (Å²) in [6, 6.07) is 4.51. The average molecular weight is 230 g/mol. The molecule has 0 N–H and O–H groups in total. The molecule has 0 fully saturated rings. The predicted octanol–water partition coefficient (Wildman–Crippen LogP) is 5.70. The van der Waals surface area contributed by atoms with Crippen LogP contribution in [0, 0.1) is 0 Å². The first-order chi connectivity index (χ1) is 7.90. The van der Waals surface area contributed by atoms with Crippen LogP contribution in [0.2, 0.25) is 0 Å². The second kappa shape index (κ2) is 5.53. The quantitative estimate of drug-likeness (QED) is 0.622. The van der Waals surface area contributed by atoms with E-state index in [0.29, 0.717) is 17.8 Å². The Kier molecular flexibility index (Phi) is 4.56. The summed E-state index contributed by atoms with van der Waals surface area (Å²) < 4.78 is 0. The number of benzene rings is 1. The third-order valence-corrected chi connectivity index (χ3v) is 3.35. The fourth-order valence-electron chi connectivity index (χ4n) is 2.64. The molecule has 0 aromatic heterocycles. The number of rotatable bonds is 4. The van der Waals surface area contributed by atoms with E-state index in [4.69, 9.17) is 0 Å². The molecule has 1 aromatic carbocycles. The maximum atomic E-state index is 3.95. The van der Waals surface area contributed by atoms with Gasteiger partial charge in [0.15, 0.2) is 0 Å². The number of hydrogen-bond acceptors (Lipinski definition) is 0. The highest BCUT2D eigenvalue weighted by molar-refractivity contribution is 5.58. The van der Waals surface area contributed by atoms with Gasteiger partial charge in [0, 0.05) is 0 Å². The molecular weight excluding hydrogens is 204 g/mol. The van der Waals surface area contributed by atoms with Gasteiger partial charge < -0.3 is 0 Å². The van der Waals surface area contributed by atoms with Crippen molar-refractivity contribution in [3.05, 3.63) is 41.0 Å². The highest BCUT2D eigenvalue weighted by atomic mass is 14.2. The first-order valence-electron chi connectivity index (χ1n) is 6.69. The van der Waals surface area contributed by atoms with Gasteiger partial charge in [-0.3, -0.25) is 0 Å². The van der Waals surface area contributed by atoms with Crippen LogP contribution in [0.3, 0.4) is 0 Å². The molecule has 0 aliphatic rings. The molecule has 94 valence electrons. The van der Waals surface area contributed by atoms with E-state index in [2.05, 4.69) is 60.3 Å². The molecule has 0 amide bonds. The molecule has 0 unspecified atom stereocenters. The van der Waals surface area contributed by atoms with Gasteiger partial charge in [-0.25, -0.2) is 0 Å². The van der Waals surface area contributed by atoms with Crippen molar-refractivity contribution < 1.29 is 0 Å². The van der Waals surface area contributed by atoms with E-state index in [9.17, 15) is 0 Å². The summed E-state index contributed by atoms with van der Waals surface area (Å²) in [5.74, 6) is 1.72. The van der Waals surface area contributed by atoms with Gasteiger partial charge in [0.25, 0.3) is 0 Å². The van der Waals surface area contributed by atoms with Gasteiger partial charge in [0.1, 0.15) is 0 Å². The van der Waals surface area contributed by atoms with Crippen molar-refractivity contribution in [2.45, 2.75) is 59.3 Å². The molecule has 0 heterocycles. The minimum absolute atomic E-state index is 0.555. The molecule has 0 aliphatic carbocycles. The molecular formula is C17H26. The predicted molar refractivity (Wildman–Crippen MR) is 78.8 cm³/mol. The van der Waals surface area contributed by atoms with Gasteiger partial charge in [-0.05, 0) is 40.0 Å². The van der Waals surface area contributed by atoms with Crippen LogP contribution >= 0.6 is 0 Å². The molecule has 0 atom stereocenters. The van der Waals surface area contributed by atoms with Gasteiger partial charge in [-0.1, -0.05) is 66.3 Å². The zero-order valence-electron chi connectivity index (χ0n) is 12.2. The molecule has 0 bridgehead atoms. The summed E-state index contributed by atoms with van der Waals surface area (Å²) >= 11 is 0. The Balaban J connectivity index is 3.59. The third-order valence-electron chi connectivity index (χ3n) is 3.35. The fraction of sp³-hybridized carbons (Fsp3) is 0.529. The minimum Gasteiger partial charge on any atom is -0.0985 e. The van der Waals surface area contributed by atoms with Crippen LogP contribution in [-0.4, -0.2) is 0 Å². The fourth-order valence-corrected chi connectivity index (χ4v) is 2.64. The standard InChI is InChI=1S/C17H26/c1-8-14-9-10-15(11(2)3)17(13(6)7)16(14)12(4)5/h8-13H,1H2,2-7H3. The highest BCUT2D eigenvalue weighted by Gasteiger charge is 2.18. The van der Waals surface area contributed by atoms with Crippen molar-refractivity contribution in [3.63, 3.8) is 0 Å². The van der Waals surface area contributed by atoms with E-state index in [1.54, 1.807) is 0 Å². The zero-order chi connectivity index (χ0) is 13.2. The van der Waals surface area contributed by atoms with Crippen LogP contribution in [0.4, 0.5) is 0 Å². The van der Waals surface area contributed by atoms with Gasteiger partial charge >= 0.3 is 0 Å². The van der Waals surface area contributed by atoms with Crippen molar-refractivity contribution in [2.24, 2.45) is 0 Å². The van der Waals surface area contributed by atoms with Gasteiger partial charge in [-0.15, -0.1) is 0 Å². The average Bonchev–Trinajstić information content (AvgIpc) is 2.26. The van der Waals surface area contributed by atoms with E-state index in [0.717, 1.165) is 0 Å². The monoisotopic (exact) mass is 230 g/mol. The zero-order valence-corrected chi connectivity index (χ0v) is 12.2. The van der Waals surface area contributed by atoms with Crippen molar-refractivity contribution in [2.75, 3.05) is 0 Å². The molecule has 1 rings (SSSR count). The van der Waals surface area contributed by atoms with E-state index < -0.39 is 0 Å². The maximum absolute atomic E-state index is 3.95. The van der Waals surface area contributed by atoms with Gasteiger partial charge in [0.05, 0.1) is 0 Å². The number of hydrogen-bond donors (Lipinski definition) is 0. The van der Waals surface area contributed by atoms with Crippen LogP contribution in [0.1, 0.15) is 81.5 Å². The lowest BCUT2D eigenvalue weighted by atomic mass is 9.81. The van der Waals surface area contributed by atoms with E-state index in [1.165, 1.54) is 22.3 Å². The molecule has 0 nitrogen and oxygen atoms in total. The lowest BCUT2D eigenvalue weighted by Crippen LogP contribution is -2.07. The Morgan fingerprint density at radius 2 is 1.35 bits per heavy atom. The van der Waals surface area contributed by atoms with Crippen LogP contribution in [0.25, 0.3) is 6.08 Å². The van der Waals surface area contributed by atoms with Crippen LogP contribution in [0.5, 0.6) is 0 Å². The molecule has 0 spiro atoms. The van der Waals surface area contributed by atoms with Crippen LogP contribution < -0.4 is 0 Å². The first kappa shape index (κ1) is 14.0. The SMILES string of the molecule is C=Cc1ccc(C(C)C)c(C(C)C)c1C(C)C.